The van der Waals surface area contributed by atoms with Gasteiger partial charge in [-0.2, -0.15) is 0 Å². The maximum absolute atomic E-state index is 12.8. The summed E-state index contributed by atoms with van der Waals surface area (Å²) in [7, 11) is 1.68. The number of benzene rings is 1. The Kier molecular flexibility index (Phi) is 6.43. The van der Waals surface area contributed by atoms with E-state index in [0.717, 1.165) is 25.1 Å². The fourth-order valence-corrected chi connectivity index (χ4v) is 2.83. The van der Waals surface area contributed by atoms with Gasteiger partial charge in [0.1, 0.15) is 10.8 Å². The summed E-state index contributed by atoms with van der Waals surface area (Å²) in [4.78, 5) is 18.4. The van der Waals surface area contributed by atoms with Crippen LogP contribution in [-0.2, 0) is 0 Å². The van der Waals surface area contributed by atoms with Crippen molar-refractivity contribution in [3.63, 3.8) is 0 Å². The van der Waals surface area contributed by atoms with Gasteiger partial charge in [-0.05, 0) is 25.5 Å². The number of carbonyl (C=O) groups excluding carboxylic acids is 1. The number of thiazole rings is 1. The predicted molar refractivity (Wildman–Crippen MR) is 100 cm³/mol. The number of rotatable bonds is 8. The highest BCUT2D eigenvalue weighted by atomic mass is 32.1. The van der Waals surface area contributed by atoms with E-state index in [1.807, 2.05) is 19.1 Å². The number of ether oxygens (including phenoxy) is 1. The Morgan fingerprint density at radius 1 is 1.42 bits per heavy atom. The SMILES string of the molecule is CCCCNc1ccc(C(=O)N(C)c2ncc(N)s2)c(OCC)c1. The van der Waals surface area contributed by atoms with Gasteiger partial charge in [-0.25, -0.2) is 4.98 Å². The average molecular weight is 348 g/mol. The van der Waals surface area contributed by atoms with Crippen LogP contribution in [0.2, 0.25) is 0 Å². The van der Waals surface area contributed by atoms with Gasteiger partial charge in [-0.1, -0.05) is 24.7 Å². The van der Waals surface area contributed by atoms with Crippen molar-refractivity contribution in [2.75, 3.05) is 36.1 Å². The zero-order chi connectivity index (χ0) is 17.5. The summed E-state index contributed by atoms with van der Waals surface area (Å²) in [6.07, 6.45) is 3.77. The van der Waals surface area contributed by atoms with Crippen molar-refractivity contribution in [3.8, 4) is 5.75 Å². The van der Waals surface area contributed by atoms with Crippen molar-refractivity contribution in [3.05, 3.63) is 30.0 Å². The molecule has 0 saturated carbocycles. The summed E-state index contributed by atoms with van der Waals surface area (Å²) in [6.45, 7) is 5.44. The summed E-state index contributed by atoms with van der Waals surface area (Å²) >= 11 is 1.27. The Morgan fingerprint density at radius 3 is 2.83 bits per heavy atom. The molecule has 0 aliphatic carbocycles. The van der Waals surface area contributed by atoms with Crippen LogP contribution in [0.3, 0.4) is 0 Å². The number of anilines is 3. The van der Waals surface area contributed by atoms with E-state index in [2.05, 4.69) is 17.2 Å². The summed E-state index contributed by atoms with van der Waals surface area (Å²) in [5.74, 6) is 0.397. The second-order valence-corrected chi connectivity index (χ2v) is 6.37. The third-order valence-corrected chi connectivity index (χ3v) is 4.38. The van der Waals surface area contributed by atoms with Crippen LogP contribution in [0.15, 0.2) is 24.4 Å². The van der Waals surface area contributed by atoms with E-state index in [9.17, 15) is 4.79 Å². The number of unbranched alkanes of at least 4 members (excludes halogenated alkanes) is 1. The van der Waals surface area contributed by atoms with Gasteiger partial charge in [0, 0.05) is 25.3 Å². The molecule has 1 aromatic heterocycles. The molecular weight excluding hydrogens is 324 g/mol. The zero-order valence-electron chi connectivity index (χ0n) is 14.3. The van der Waals surface area contributed by atoms with Gasteiger partial charge in [-0.3, -0.25) is 9.69 Å². The molecule has 2 rings (SSSR count). The van der Waals surface area contributed by atoms with Crippen molar-refractivity contribution < 1.29 is 9.53 Å². The standard InChI is InChI=1S/C17H24N4O2S/c1-4-6-9-19-12-7-8-13(14(10-12)23-5-2)16(22)21(3)17-20-11-15(18)24-17/h7-8,10-11,19H,4-6,9,18H2,1-3H3. The molecule has 0 spiro atoms. The zero-order valence-corrected chi connectivity index (χ0v) is 15.2. The molecular formula is C17H24N4O2S. The molecule has 7 heteroatoms. The summed E-state index contributed by atoms with van der Waals surface area (Å²) in [6, 6.07) is 5.56. The predicted octanol–water partition coefficient (Wildman–Crippen LogP) is 3.61. The first kappa shape index (κ1) is 18.1. The highest BCUT2D eigenvalue weighted by Gasteiger charge is 2.20. The Bertz CT molecular complexity index is 687. The number of nitrogens with zero attached hydrogens (tertiary/aromatic N) is 2. The van der Waals surface area contributed by atoms with Crippen LogP contribution in [0.4, 0.5) is 15.8 Å². The van der Waals surface area contributed by atoms with Crippen LogP contribution < -0.4 is 20.7 Å². The minimum Gasteiger partial charge on any atom is -0.493 e. The van der Waals surface area contributed by atoms with Crippen molar-refractivity contribution >= 4 is 33.1 Å². The molecule has 1 aromatic carbocycles. The second-order valence-electron chi connectivity index (χ2n) is 5.33. The molecule has 3 N–H and O–H groups in total. The minimum absolute atomic E-state index is 0.173. The Hall–Kier alpha value is -2.28. The molecule has 0 aliphatic rings. The highest BCUT2D eigenvalue weighted by Crippen LogP contribution is 2.29. The summed E-state index contributed by atoms with van der Waals surface area (Å²) in [5.41, 5.74) is 7.15. The number of carbonyl (C=O) groups is 1. The molecule has 130 valence electrons. The highest BCUT2D eigenvalue weighted by molar-refractivity contribution is 7.19. The number of amides is 1. The molecule has 6 nitrogen and oxygen atoms in total. The number of hydrogen-bond acceptors (Lipinski definition) is 6. The van der Waals surface area contributed by atoms with E-state index in [4.69, 9.17) is 10.5 Å². The van der Waals surface area contributed by atoms with Crippen molar-refractivity contribution in [2.24, 2.45) is 0 Å². The first-order valence-electron chi connectivity index (χ1n) is 8.06. The first-order chi connectivity index (χ1) is 11.6. The number of nitrogen functional groups attached to an aromatic ring is 1. The lowest BCUT2D eigenvalue weighted by Crippen LogP contribution is -2.26. The number of nitrogens with one attached hydrogen (secondary N) is 1. The fraction of sp³-hybridized carbons (Fsp3) is 0.412. The average Bonchev–Trinajstić information content (AvgIpc) is 3.01. The van der Waals surface area contributed by atoms with Crippen LogP contribution >= 0.6 is 11.3 Å². The van der Waals surface area contributed by atoms with E-state index in [-0.39, 0.29) is 5.91 Å². The third-order valence-electron chi connectivity index (χ3n) is 3.47. The molecule has 0 bridgehead atoms. The van der Waals surface area contributed by atoms with E-state index in [0.29, 0.717) is 28.1 Å². The fourth-order valence-electron chi connectivity index (χ4n) is 2.19. The minimum atomic E-state index is -0.173. The number of hydrogen-bond donors (Lipinski definition) is 2. The largest absolute Gasteiger partial charge is 0.493 e. The molecule has 0 atom stereocenters. The summed E-state index contributed by atoms with van der Waals surface area (Å²) in [5, 5.41) is 4.48. The first-order valence-corrected chi connectivity index (χ1v) is 8.88. The molecule has 1 heterocycles. The quantitative estimate of drug-likeness (QED) is 0.712. The number of aromatic nitrogens is 1. The second kappa shape index (κ2) is 8.54. The van der Waals surface area contributed by atoms with Gasteiger partial charge in [0.2, 0.25) is 0 Å². The molecule has 1 amide bonds. The van der Waals surface area contributed by atoms with Crippen molar-refractivity contribution in [1.82, 2.24) is 4.98 Å². The molecule has 2 aromatic rings. The molecule has 0 saturated heterocycles. The van der Waals surface area contributed by atoms with Crippen molar-refractivity contribution in [2.45, 2.75) is 26.7 Å². The van der Waals surface area contributed by atoms with Gasteiger partial charge < -0.3 is 15.8 Å². The normalized spacial score (nSPS) is 10.5. The lowest BCUT2D eigenvalue weighted by Gasteiger charge is -2.17. The lowest BCUT2D eigenvalue weighted by molar-refractivity contribution is 0.0989. The lowest BCUT2D eigenvalue weighted by atomic mass is 10.1. The van der Waals surface area contributed by atoms with Gasteiger partial charge in [0.25, 0.3) is 5.91 Å². The molecule has 24 heavy (non-hydrogen) atoms. The van der Waals surface area contributed by atoms with Crippen LogP contribution in [-0.4, -0.2) is 31.1 Å². The Balaban J connectivity index is 2.22. The van der Waals surface area contributed by atoms with Gasteiger partial charge >= 0.3 is 0 Å². The topological polar surface area (TPSA) is 80.5 Å². The van der Waals surface area contributed by atoms with Gasteiger partial charge in [0.05, 0.1) is 18.4 Å². The Labute approximate surface area is 146 Å². The molecule has 0 unspecified atom stereocenters. The van der Waals surface area contributed by atoms with E-state index in [1.54, 1.807) is 19.3 Å². The maximum atomic E-state index is 12.8. The third kappa shape index (κ3) is 4.38. The molecule has 0 fully saturated rings. The Morgan fingerprint density at radius 2 is 2.21 bits per heavy atom. The monoisotopic (exact) mass is 348 g/mol. The number of nitrogens with two attached hydrogens (primary N) is 1. The van der Waals surface area contributed by atoms with Crippen LogP contribution in [0.5, 0.6) is 5.75 Å². The molecule has 0 aliphatic heterocycles. The van der Waals surface area contributed by atoms with Crippen LogP contribution in [0.1, 0.15) is 37.0 Å². The van der Waals surface area contributed by atoms with E-state index >= 15 is 0 Å². The van der Waals surface area contributed by atoms with Crippen molar-refractivity contribution in [1.29, 1.82) is 0 Å². The smallest absolute Gasteiger partial charge is 0.263 e. The van der Waals surface area contributed by atoms with Crippen LogP contribution in [0.25, 0.3) is 0 Å². The van der Waals surface area contributed by atoms with Gasteiger partial charge in [0.15, 0.2) is 5.13 Å². The summed E-state index contributed by atoms with van der Waals surface area (Å²) < 4.78 is 5.67. The van der Waals surface area contributed by atoms with E-state index < -0.39 is 0 Å². The van der Waals surface area contributed by atoms with Crippen LogP contribution in [0, 0.1) is 0 Å². The maximum Gasteiger partial charge on any atom is 0.263 e. The van der Waals surface area contributed by atoms with E-state index in [1.165, 1.54) is 16.2 Å². The van der Waals surface area contributed by atoms with Gasteiger partial charge in [-0.15, -0.1) is 0 Å². The molecule has 0 radical (unpaired) electrons.